The Bertz CT molecular complexity index is 918. The van der Waals surface area contributed by atoms with Crippen LogP contribution in [-0.4, -0.2) is 54.1 Å². The van der Waals surface area contributed by atoms with E-state index in [-0.39, 0.29) is 24.3 Å². The van der Waals surface area contributed by atoms with Crippen molar-refractivity contribution < 1.29 is 14.3 Å². The molecule has 0 radical (unpaired) electrons. The summed E-state index contributed by atoms with van der Waals surface area (Å²) < 4.78 is 5.15. The molecular formula is C22H27N5O3. The highest BCUT2D eigenvalue weighted by Gasteiger charge is 2.40. The molecule has 2 fully saturated rings. The minimum absolute atomic E-state index is 0.174. The highest BCUT2D eigenvalue weighted by Crippen LogP contribution is 2.26. The zero-order valence-corrected chi connectivity index (χ0v) is 17.6. The molecule has 2 aliphatic rings. The van der Waals surface area contributed by atoms with Crippen LogP contribution in [0.4, 0.5) is 11.5 Å². The Hall–Kier alpha value is -3.00. The van der Waals surface area contributed by atoms with Crippen molar-refractivity contribution in [1.29, 1.82) is 0 Å². The summed E-state index contributed by atoms with van der Waals surface area (Å²) in [7, 11) is 1.58. The molecule has 2 aliphatic heterocycles. The molecule has 30 heavy (non-hydrogen) atoms. The van der Waals surface area contributed by atoms with Crippen molar-refractivity contribution in [3.63, 3.8) is 0 Å². The van der Waals surface area contributed by atoms with E-state index in [1.165, 1.54) is 4.90 Å². The van der Waals surface area contributed by atoms with Crippen LogP contribution >= 0.6 is 0 Å². The van der Waals surface area contributed by atoms with E-state index in [0.717, 1.165) is 43.3 Å². The second-order valence-corrected chi connectivity index (χ2v) is 7.86. The smallest absolute Gasteiger partial charge is 0.251 e. The van der Waals surface area contributed by atoms with E-state index in [1.54, 1.807) is 31.4 Å². The number of hydrogen-bond acceptors (Lipinski definition) is 7. The molecule has 0 aliphatic carbocycles. The second kappa shape index (κ2) is 8.39. The molecule has 1 N–H and O–H groups in total. The SMILES string of the molecule is COc1ccc(N2C(=O)CC(NC3CCN(c4cc(C)nc(C)n4)CC3)C2=O)cc1. The van der Waals surface area contributed by atoms with Gasteiger partial charge in [0.25, 0.3) is 5.91 Å². The minimum atomic E-state index is -0.473. The third-order valence-corrected chi connectivity index (χ3v) is 5.69. The fraction of sp³-hybridized carbons (Fsp3) is 0.455. The van der Waals surface area contributed by atoms with Crippen LogP contribution in [0.5, 0.6) is 5.75 Å². The van der Waals surface area contributed by atoms with Gasteiger partial charge in [0.05, 0.1) is 25.3 Å². The number of rotatable bonds is 5. The molecular weight excluding hydrogens is 382 g/mol. The Morgan fingerprint density at radius 2 is 1.77 bits per heavy atom. The number of carbonyl (C=O) groups is 2. The summed E-state index contributed by atoms with van der Waals surface area (Å²) in [5.41, 5.74) is 1.55. The van der Waals surface area contributed by atoms with E-state index in [4.69, 9.17) is 4.74 Å². The number of anilines is 2. The van der Waals surface area contributed by atoms with Crippen molar-refractivity contribution in [3.05, 3.63) is 41.9 Å². The van der Waals surface area contributed by atoms with Crippen molar-refractivity contribution in [2.45, 2.75) is 45.2 Å². The third kappa shape index (κ3) is 4.14. The van der Waals surface area contributed by atoms with Gasteiger partial charge in [-0.1, -0.05) is 0 Å². The Morgan fingerprint density at radius 3 is 2.40 bits per heavy atom. The summed E-state index contributed by atoms with van der Waals surface area (Å²) in [5, 5.41) is 3.42. The molecule has 0 spiro atoms. The number of aryl methyl sites for hydroxylation is 2. The lowest BCUT2D eigenvalue weighted by molar-refractivity contribution is -0.121. The van der Waals surface area contributed by atoms with Crippen LogP contribution in [-0.2, 0) is 9.59 Å². The number of ether oxygens (including phenoxy) is 1. The first kappa shape index (κ1) is 20.3. The fourth-order valence-electron chi connectivity index (χ4n) is 4.18. The van der Waals surface area contributed by atoms with Gasteiger partial charge in [-0.05, 0) is 51.0 Å². The molecule has 4 rings (SSSR count). The van der Waals surface area contributed by atoms with E-state index in [2.05, 4.69) is 20.2 Å². The number of amides is 2. The maximum atomic E-state index is 12.9. The average Bonchev–Trinajstić information content (AvgIpc) is 3.01. The number of aromatic nitrogens is 2. The van der Waals surface area contributed by atoms with Crippen molar-refractivity contribution >= 4 is 23.3 Å². The van der Waals surface area contributed by atoms with Crippen molar-refractivity contribution in [1.82, 2.24) is 15.3 Å². The van der Waals surface area contributed by atoms with Crippen LogP contribution in [0.2, 0.25) is 0 Å². The summed E-state index contributed by atoms with van der Waals surface area (Å²) in [4.78, 5) is 37.8. The van der Waals surface area contributed by atoms with Crippen LogP contribution in [0.3, 0.4) is 0 Å². The Morgan fingerprint density at radius 1 is 1.07 bits per heavy atom. The van der Waals surface area contributed by atoms with E-state index in [0.29, 0.717) is 11.4 Å². The van der Waals surface area contributed by atoms with Gasteiger partial charge in [-0.3, -0.25) is 9.59 Å². The number of imide groups is 1. The summed E-state index contributed by atoms with van der Waals surface area (Å²) >= 11 is 0. The predicted molar refractivity (Wildman–Crippen MR) is 114 cm³/mol. The standard InChI is InChI=1S/C22H27N5O3/c1-14-12-20(24-15(2)23-14)26-10-8-16(9-11-26)25-19-13-21(28)27(22(19)29)17-4-6-18(30-3)7-5-17/h4-7,12,16,19,25H,8-11,13H2,1-3H3. The van der Waals surface area contributed by atoms with E-state index in [1.807, 2.05) is 19.9 Å². The van der Waals surface area contributed by atoms with Crippen molar-refractivity contribution in [3.8, 4) is 5.75 Å². The predicted octanol–water partition coefficient (Wildman–Crippen LogP) is 1.99. The van der Waals surface area contributed by atoms with Gasteiger partial charge in [-0.15, -0.1) is 0 Å². The van der Waals surface area contributed by atoms with E-state index < -0.39 is 6.04 Å². The molecule has 8 nitrogen and oxygen atoms in total. The lowest BCUT2D eigenvalue weighted by Crippen LogP contribution is -2.49. The van der Waals surface area contributed by atoms with Gasteiger partial charge >= 0.3 is 0 Å². The fourth-order valence-corrected chi connectivity index (χ4v) is 4.18. The van der Waals surface area contributed by atoms with E-state index in [9.17, 15) is 9.59 Å². The summed E-state index contributed by atoms with van der Waals surface area (Å²) in [5.74, 6) is 2.06. The molecule has 8 heteroatoms. The minimum Gasteiger partial charge on any atom is -0.497 e. The maximum Gasteiger partial charge on any atom is 0.251 e. The zero-order valence-electron chi connectivity index (χ0n) is 17.6. The maximum absolute atomic E-state index is 12.9. The van der Waals surface area contributed by atoms with Crippen LogP contribution in [0.1, 0.15) is 30.8 Å². The van der Waals surface area contributed by atoms with Crippen LogP contribution in [0.15, 0.2) is 30.3 Å². The summed E-state index contributed by atoms with van der Waals surface area (Å²) in [6.07, 6.45) is 1.97. The Labute approximate surface area is 176 Å². The topological polar surface area (TPSA) is 87.7 Å². The molecule has 1 unspecified atom stereocenters. The molecule has 1 atom stereocenters. The lowest BCUT2D eigenvalue weighted by atomic mass is 10.0. The van der Waals surface area contributed by atoms with Crippen molar-refractivity contribution in [2.75, 3.05) is 30.0 Å². The number of carbonyl (C=O) groups excluding carboxylic acids is 2. The number of nitrogens with one attached hydrogen (secondary N) is 1. The van der Waals surface area contributed by atoms with Crippen LogP contribution in [0.25, 0.3) is 0 Å². The van der Waals surface area contributed by atoms with Crippen molar-refractivity contribution in [2.24, 2.45) is 0 Å². The quantitative estimate of drug-likeness (QED) is 0.756. The molecule has 1 aromatic heterocycles. The number of benzene rings is 1. The first-order valence-electron chi connectivity index (χ1n) is 10.3. The molecule has 3 heterocycles. The van der Waals surface area contributed by atoms with Gasteiger partial charge in [-0.2, -0.15) is 0 Å². The van der Waals surface area contributed by atoms with Gasteiger partial charge < -0.3 is 15.0 Å². The van der Waals surface area contributed by atoms with Gasteiger partial charge in [0, 0.05) is 30.9 Å². The second-order valence-electron chi connectivity index (χ2n) is 7.86. The monoisotopic (exact) mass is 409 g/mol. The van der Waals surface area contributed by atoms with E-state index >= 15 is 0 Å². The molecule has 2 aromatic rings. The molecule has 0 saturated carbocycles. The van der Waals surface area contributed by atoms with Gasteiger partial charge in [0.15, 0.2) is 0 Å². The zero-order chi connectivity index (χ0) is 21.3. The van der Waals surface area contributed by atoms with Gasteiger partial charge in [0.2, 0.25) is 5.91 Å². The van der Waals surface area contributed by atoms with Crippen LogP contribution in [0, 0.1) is 13.8 Å². The summed E-state index contributed by atoms with van der Waals surface area (Å²) in [6.45, 7) is 5.58. The lowest BCUT2D eigenvalue weighted by Gasteiger charge is -2.34. The Balaban J connectivity index is 1.36. The highest BCUT2D eigenvalue weighted by atomic mass is 16.5. The highest BCUT2D eigenvalue weighted by molar-refractivity contribution is 6.22. The first-order valence-corrected chi connectivity index (χ1v) is 10.3. The third-order valence-electron chi connectivity index (χ3n) is 5.69. The largest absolute Gasteiger partial charge is 0.497 e. The average molecular weight is 409 g/mol. The number of piperidine rings is 1. The number of nitrogens with zero attached hydrogens (tertiary/aromatic N) is 4. The van der Waals surface area contributed by atoms with Crippen LogP contribution < -0.4 is 19.9 Å². The summed E-state index contributed by atoms with van der Waals surface area (Å²) in [6, 6.07) is 8.71. The molecule has 0 bridgehead atoms. The van der Waals surface area contributed by atoms with Gasteiger partial charge in [-0.25, -0.2) is 14.9 Å². The molecule has 158 valence electrons. The molecule has 2 saturated heterocycles. The molecule has 1 aromatic carbocycles. The number of methoxy groups -OCH3 is 1. The normalized spacial score (nSPS) is 20.2. The van der Waals surface area contributed by atoms with Gasteiger partial charge in [0.1, 0.15) is 17.4 Å². The Kier molecular flexibility index (Phi) is 5.67. The molecule has 2 amide bonds. The first-order chi connectivity index (χ1) is 14.4. The number of hydrogen-bond donors (Lipinski definition) is 1.